The number of rotatable bonds is 7. The van der Waals surface area contributed by atoms with Crippen molar-refractivity contribution in [2.24, 2.45) is 0 Å². The first-order valence-electron chi connectivity index (χ1n) is 6.54. The summed E-state index contributed by atoms with van der Waals surface area (Å²) in [5, 5.41) is 11.4. The molecule has 21 heavy (non-hydrogen) atoms. The number of aryl methyl sites for hydroxylation is 1. The summed E-state index contributed by atoms with van der Waals surface area (Å²) < 4.78 is 27.5. The number of aromatic amines is 1. The van der Waals surface area contributed by atoms with Crippen molar-refractivity contribution < 1.29 is 8.42 Å². The predicted octanol–water partition coefficient (Wildman–Crippen LogP) is 1.15. The zero-order chi connectivity index (χ0) is 15.5. The molecule has 2 heterocycles. The van der Waals surface area contributed by atoms with E-state index < -0.39 is 10.0 Å². The van der Waals surface area contributed by atoms with Crippen LogP contribution in [0.4, 0.5) is 0 Å². The third kappa shape index (κ3) is 4.10. The summed E-state index contributed by atoms with van der Waals surface area (Å²) in [6.07, 6.45) is 1.34. The summed E-state index contributed by atoms with van der Waals surface area (Å²) in [5.41, 5.74) is 0.755. The number of aromatic nitrogens is 3. The minimum atomic E-state index is -3.57. The van der Waals surface area contributed by atoms with Crippen molar-refractivity contribution in [1.82, 2.24) is 25.2 Å². The molecule has 0 atom stereocenters. The average Bonchev–Trinajstić information content (AvgIpc) is 3.03. The summed E-state index contributed by atoms with van der Waals surface area (Å²) in [6, 6.07) is 0.296. The summed E-state index contributed by atoms with van der Waals surface area (Å²) in [7, 11) is -3.57. The number of nitrogens with one attached hydrogen (secondary N) is 3. The van der Waals surface area contributed by atoms with Crippen LogP contribution in [0.5, 0.6) is 0 Å². The zero-order valence-corrected chi connectivity index (χ0v) is 13.8. The van der Waals surface area contributed by atoms with Gasteiger partial charge in [0.1, 0.15) is 17.0 Å². The second-order valence-electron chi connectivity index (χ2n) is 4.96. The Morgan fingerprint density at radius 3 is 2.76 bits per heavy atom. The Labute approximate surface area is 128 Å². The molecule has 0 bridgehead atoms. The van der Waals surface area contributed by atoms with E-state index in [0.717, 1.165) is 10.4 Å². The van der Waals surface area contributed by atoms with Crippen LogP contribution < -0.4 is 10.0 Å². The van der Waals surface area contributed by atoms with Gasteiger partial charge in [0.15, 0.2) is 0 Å². The second-order valence-corrected chi connectivity index (χ2v) is 7.63. The highest BCUT2D eigenvalue weighted by Crippen LogP contribution is 2.26. The predicted molar refractivity (Wildman–Crippen MR) is 81.4 cm³/mol. The number of hydrogen-bond acceptors (Lipinski definition) is 6. The molecule has 7 nitrogen and oxygen atoms in total. The Balaban J connectivity index is 2.16. The van der Waals surface area contributed by atoms with Gasteiger partial charge < -0.3 is 5.32 Å². The van der Waals surface area contributed by atoms with Crippen LogP contribution >= 0.6 is 11.3 Å². The van der Waals surface area contributed by atoms with Crippen LogP contribution in [-0.2, 0) is 23.1 Å². The van der Waals surface area contributed by atoms with Crippen LogP contribution in [0, 0.1) is 6.92 Å². The normalized spacial score (nSPS) is 12.2. The maximum Gasteiger partial charge on any atom is 0.242 e. The molecule has 116 valence electrons. The van der Waals surface area contributed by atoms with Crippen LogP contribution in [0.15, 0.2) is 16.6 Å². The molecule has 9 heteroatoms. The van der Waals surface area contributed by atoms with Crippen LogP contribution in [0.3, 0.4) is 0 Å². The first-order chi connectivity index (χ1) is 9.90. The van der Waals surface area contributed by atoms with E-state index in [1.54, 1.807) is 6.92 Å². The van der Waals surface area contributed by atoms with Crippen molar-refractivity contribution in [2.75, 3.05) is 0 Å². The largest absolute Gasteiger partial charge is 0.310 e. The molecular weight excluding hydrogens is 310 g/mol. The monoisotopic (exact) mass is 329 g/mol. The van der Waals surface area contributed by atoms with E-state index in [1.165, 1.54) is 17.7 Å². The molecule has 0 spiro atoms. The van der Waals surface area contributed by atoms with E-state index in [2.05, 4.69) is 25.2 Å². The Bertz CT molecular complexity index is 677. The standard InChI is InChI=1S/C12H19N5O2S2/c1-8(2)13-4-10-12(9(3)6-20-10)21(18,19)16-5-11-14-7-15-17-11/h6-8,13,16H,4-5H2,1-3H3,(H,14,15,17). The molecule has 0 aliphatic heterocycles. The molecule has 0 amide bonds. The Morgan fingerprint density at radius 2 is 2.14 bits per heavy atom. The molecule has 0 radical (unpaired) electrons. The van der Waals surface area contributed by atoms with Gasteiger partial charge in [-0.2, -0.15) is 5.10 Å². The van der Waals surface area contributed by atoms with Crippen LogP contribution in [0.1, 0.15) is 30.1 Å². The lowest BCUT2D eigenvalue weighted by Gasteiger charge is -2.10. The summed E-state index contributed by atoms with van der Waals surface area (Å²) in [5.74, 6) is 0.480. The van der Waals surface area contributed by atoms with Crippen molar-refractivity contribution in [3.05, 3.63) is 28.0 Å². The highest BCUT2D eigenvalue weighted by molar-refractivity contribution is 7.89. The Hall–Kier alpha value is -1.29. The average molecular weight is 329 g/mol. The van der Waals surface area contributed by atoms with Gasteiger partial charge in [0.05, 0.1) is 6.54 Å². The van der Waals surface area contributed by atoms with Crippen molar-refractivity contribution in [3.8, 4) is 0 Å². The van der Waals surface area contributed by atoms with E-state index in [4.69, 9.17) is 0 Å². The summed E-state index contributed by atoms with van der Waals surface area (Å²) >= 11 is 1.45. The smallest absolute Gasteiger partial charge is 0.242 e. The third-order valence-corrected chi connectivity index (χ3v) is 5.69. The van der Waals surface area contributed by atoms with Crippen molar-refractivity contribution >= 4 is 21.4 Å². The van der Waals surface area contributed by atoms with Gasteiger partial charge in [0, 0.05) is 17.5 Å². The highest BCUT2D eigenvalue weighted by atomic mass is 32.2. The third-order valence-electron chi connectivity index (χ3n) is 2.82. The van der Waals surface area contributed by atoms with Gasteiger partial charge in [-0.25, -0.2) is 18.1 Å². The molecule has 2 rings (SSSR count). The quantitative estimate of drug-likeness (QED) is 0.707. The number of thiophene rings is 1. The number of sulfonamides is 1. The number of H-pyrrole nitrogens is 1. The van der Waals surface area contributed by atoms with Gasteiger partial charge in [-0.1, -0.05) is 13.8 Å². The minimum Gasteiger partial charge on any atom is -0.310 e. The SMILES string of the molecule is Cc1csc(CNC(C)C)c1S(=O)(=O)NCc1ncn[nH]1. The Morgan fingerprint density at radius 1 is 1.38 bits per heavy atom. The summed E-state index contributed by atoms with van der Waals surface area (Å²) in [4.78, 5) is 5.07. The van der Waals surface area contributed by atoms with E-state index >= 15 is 0 Å². The second kappa shape index (κ2) is 6.65. The fourth-order valence-electron chi connectivity index (χ4n) is 1.82. The van der Waals surface area contributed by atoms with Gasteiger partial charge in [-0.05, 0) is 17.9 Å². The van der Waals surface area contributed by atoms with Gasteiger partial charge in [-0.3, -0.25) is 5.10 Å². The highest BCUT2D eigenvalue weighted by Gasteiger charge is 2.23. The molecule has 0 saturated heterocycles. The van der Waals surface area contributed by atoms with Crippen LogP contribution in [0.25, 0.3) is 0 Å². The molecular formula is C12H19N5O2S2. The molecule has 0 unspecified atom stereocenters. The maximum absolute atomic E-state index is 12.5. The molecule has 0 fully saturated rings. The van der Waals surface area contributed by atoms with E-state index in [1.807, 2.05) is 19.2 Å². The van der Waals surface area contributed by atoms with E-state index in [0.29, 0.717) is 23.3 Å². The molecule has 2 aromatic rings. The fourth-order valence-corrected chi connectivity index (χ4v) is 4.56. The van der Waals surface area contributed by atoms with Crippen LogP contribution in [-0.4, -0.2) is 29.6 Å². The van der Waals surface area contributed by atoms with Gasteiger partial charge in [-0.15, -0.1) is 11.3 Å². The fraction of sp³-hybridized carbons (Fsp3) is 0.500. The van der Waals surface area contributed by atoms with Gasteiger partial charge >= 0.3 is 0 Å². The molecule has 0 aliphatic carbocycles. The lowest BCUT2D eigenvalue weighted by atomic mass is 10.3. The van der Waals surface area contributed by atoms with Crippen molar-refractivity contribution in [3.63, 3.8) is 0 Å². The maximum atomic E-state index is 12.5. The lowest BCUT2D eigenvalue weighted by molar-refractivity contribution is 0.569. The molecule has 3 N–H and O–H groups in total. The van der Waals surface area contributed by atoms with Gasteiger partial charge in [0.2, 0.25) is 10.0 Å². The minimum absolute atomic E-state index is 0.0919. The molecule has 0 aliphatic rings. The van der Waals surface area contributed by atoms with Crippen molar-refractivity contribution in [1.29, 1.82) is 0 Å². The number of hydrogen-bond donors (Lipinski definition) is 3. The van der Waals surface area contributed by atoms with Crippen LogP contribution in [0.2, 0.25) is 0 Å². The van der Waals surface area contributed by atoms with E-state index in [-0.39, 0.29) is 6.54 Å². The first kappa shape index (κ1) is 16.1. The lowest BCUT2D eigenvalue weighted by Crippen LogP contribution is -2.27. The first-order valence-corrected chi connectivity index (χ1v) is 8.90. The zero-order valence-electron chi connectivity index (χ0n) is 12.2. The summed E-state index contributed by atoms with van der Waals surface area (Å²) in [6.45, 7) is 6.48. The van der Waals surface area contributed by atoms with Gasteiger partial charge in [0.25, 0.3) is 0 Å². The number of nitrogens with zero attached hydrogens (tertiary/aromatic N) is 2. The topological polar surface area (TPSA) is 99.8 Å². The molecule has 0 aromatic carbocycles. The Kier molecular flexibility index (Phi) is 5.09. The van der Waals surface area contributed by atoms with Crippen molar-refractivity contribution in [2.45, 2.75) is 44.8 Å². The molecule has 2 aromatic heterocycles. The van der Waals surface area contributed by atoms with E-state index in [9.17, 15) is 8.42 Å². The molecule has 0 saturated carbocycles.